The number of nitrogens with zero attached hydrogens (tertiary/aromatic N) is 1. The second kappa shape index (κ2) is 8.09. The van der Waals surface area contributed by atoms with Gasteiger partial charge in [-0.05, 0) is 23.8 Å². The van der Waals surface area contributed by atoms with Gasteiger partial charge in [0.1, 0.15) is 10.9 Å². The molecule has 3 rings (SSSR count). The van der Waals surface area contributed by atoms with Gasteiger partial charge in [-0.25, -0.2) is 0 Å². The first-order valence-electron chi connectivity index (χ1n) is 7.50. The van der Waals surface area contributed by atoms with Gasteiger partial charge in [-0.2, -0.15) is 11.8 Å². The minimum absolute atomic E-state index is 0.147. The lowest BCUT2D eigenvalue weighted by molar-refractivity contribution is -0.129. The lowest BCUT2D eigenvalue weighted by Gasteiger charge is -2.18. The van der Waals surface area contributed by atoms with Crippen molar-refractivity contribution in [2.75, 3.05) is 18.1 Å². The van der Waals surface area contributed by atoms with Crippen molar-refractivity contribution in [3.8, 4) is 0 Å². The normalized spacial score (nSPS) is 25.0. The van der Waals surface area contributed by atoms with Crippen LogP contribution in [0.3, 0.4) is 0 Å². The first-order chi connectivity index (χ1) is 11.9. The fourth-order valence-corrected chi connectivity index (χ4v) is 5.08. The number of hydrogen-bond donors (Lipinski definition) is 2. The third-order valence-corrected chi connectivity index (χ3v) is 6.50. The second-order valence-corrected chi connectivity index (χ2v) is 8.79. The smallest absolute Gasteiger partial charge is 0.266 e. The zero-order chi connectivity index (χ0) is 18.0. The summed E-state index contributed by atoms with van der Waals surface area (Å²) in [4.78, 5) is 26.4. The fraction of sp³-hybridized carbons (Fsp3) is 0.312. The molecule has 0 bridgehead atoms. The second-order valence-electron chi connectivity index (χ2n) is 5.60. The van der Waals surface area contributed by atoms with Gasteiger partial charge in [0.2, 0.25) is 5.91 Å². The highest BCUT2D eigenvalue weighted by Gasteiger charge is 2.34. The van der Waals surface area contributed by atoms with E-state index in [1.807, 2.05) is 6.07 Å². The summed E-state index contributed by atoms with van der Waals surface area (Å²) in [6.45, 7) is -0.147. The van der Waals surface area contributed by atoms with E-state index in [2.05, 4.69) is 5.32 Å². The van der Waals surface area contributed by atoms with Crippen molar-refractivity contribution in [1.82, 2.24) is 10.2 Å². The summed E-state index contributed by atoms with van der Waals surface area (Å²) in [6.07, 6.45) is 1.16. The molecule has 1 aromatic rings. The number of aliphatic hydroxyl groups excluding tert-OH is 1. The number of hydrogen-bond acceptors (Lipinski definition) is 6. The van der Waals surface area contributed by atoms with Gasteiger partial charge in [-0.15, -0.1) is 0 Å². The van der Waals surface area contributed by atoms with E-state index in [4.69, 9.17) is 23.8 Å². The molecule has 25 heavy (non-hydrogen) atoms. The molecule has 1 aromatic carbocycles. The van der Waals surface area contributed by atoms with Crippen LogP contribution < -0.4 is 5.32 Å². The van der Waals surface area contributed by atoms with Gasteiger partial charge in [0, 0.05) is 16.5 Å². The molecule has 2 atom stereocenters. The topological polar surface area (TPSA) is 69.6 Å². The maximum absolute atomic E-state index is 12.5. The monoisotopic (exact) mass is 414 g/mol. The van der Waals surface area contributed by atoms with E-state index in [1.54, 1.807) is 36.0 Å². The van der Waals surface area contributed by atoms with E-state index < -0.39 is 6.10 Å². The molecule has 0 aliphatic carbocycles. The lowest BCUT2D eigenvalue weighted by Crippen LogP contribution is -2.47. The van der Waals surface area contributed by atoms with Gasteiger partial charge in [0.15, 0.2) is 0 Å². The first kappa shape index (κ1) is 18.7. The number of carbonyl (C=O) groups excluding carboxylic acids is 2. The predicted molar refractivity (Wildman–Crippen MR) is 107 cm³/mol. The van der Waals surface area contributed by atoms with Gasteiger partial charge in [0.25, 0.3) is 5.91 Å². The maximum Gasteiger partial charge on any atom is 0.266 e. The van der Waals surface area contributed by atoms with E-state index in [9.17, 15) is 14.7 Å². The highest BCUT2D eigenvalue weighted by Crippen LogP contribution is 2.32. The van der Waals surface area contributed by atoms with Crippen molar-refractivity contribution in [2.24, 2.45) is 0 Å². The summed E-state index contributed by atoms with van der Waals surface area (Å²) in [5.41, 5.74) is 0.795. The largest absolute Gasteiger partial charge is 0.390 e. The van der Waals surface area contributed by atoms with Crippen LogP contribution in [0.5, 0.6) is 0 Å². The SMILES string of the molecule is O=C(CN1C(=O)/C(=C/c2cccc(Cl)c2)SC1=S)N[C@@H]1CSC[C@@H]1O. The number of thioether (sulfide) groups is 2. The standard InChI is InChI=1S/C16H15ClN2O3S3/c17-10-3-1-2-9(4-10)5-13-15(22)19(16(23)25-13)6-14(21)18-11-7-24-8-12(11)20/h1-5,11-12,20H,6-8H2,(H,18,21)/b13-5-/t11-,12+/m1/s1. The molecule has 0 unspecified atom stereocenters. The summed E-state index contributed by atoms with van der Waals surface area (Å²) in [6, 6.07) is 6.86. The fourth-order valence-electron chi connectivity index (χ4n) is 2.46. The zero-order valence-electron chi connectivity index (χ0n) is 13.0. The predicted octanol–water partition coefficient (Wildman–Crippen LogP) is 2.13. The minimum atomic E-state index is -0.553. The van der Waals surface area contributed by atoms with Gasteiger partial charge >= 0.3 is 0 Å². The van der Waals surface area contributed by atoms with Crippen LogP contribution in [-0.2, 0) is 9.59 Å². The van der Waals surface area contributed by atoms with Crippen LogP contribution in [0.2, 0.25) is 5.02 Å². The van der Waals surface area contributed by atoms with Crippen LogP contribution in [0, 0.1) is 0 Å². The van der Waals surface area contributed by atoms with E-state index in [-0.39, 0.29) is 24.4 Å². The number of benzene rings is 1. The van der Waals surface area contributed by atoms with Crippen molar-refractivity contribution in [3.63, 3.8) is 0 Å². The Balaban J connectivity index is 1.66. The average molecular weight is 415 g/mol. The molecular formula is C16H15ClN2O3S3. The molecule has 2 saturated heterocycles. The Bertz CT molecular complexity index is 756. The van der Waals surface area contributed by atoms with Gasteiger partial charge in [-0.3, -0.25) is 14.5 Å². The highest BCUT2D eigenvalue weighted by molar-refractivity contribution is 8.26. The Morgan fingerprint density at radius 1 is 1.48 bits per heavy atom. The van der Waals surface area contributed by atoms with Crippen LogP contribution in [0.4, 0.5) is 0 Å². The van der Waals surface area contributed by atoms with Crippen molar-refractivity contribution in [3.05, 3.63) is 39.8 Å². The molecule has 0 aromatic heterocycles. The van der Waals surface area contributed by atoms with Crippen LogP contribution in [0.1, 0.15) is 5.56 Å². The molecule has 2 heterocycles. The highest BCUT2D eigenvalue weighted by atomic mass is 35.5. The maximum atomic E-state index is 12.5. The Morgan fingerprint density at radius 3 is 2.96 bits per heavy atom. The van der Waals surface area contributed by atoms with E-state index in [0.717, 1.165) is 17.3 Å². The van der Waals surface area contributed by atoms with Crippen LogP contribution >= 0.6 is 47.3 Å². The Hall–Kier alpha value is -1.06. The summed E-state index contributed by atoms with van der Waals surface area (Å²) in [7, 11) is 0. The van der Waals surface area contributed by atoms with Gasteiger partial charge < -0.3 is 10.4 Å². The third-order valence-electron chi connectivity index (χ3n) is 3.72. The Morgan fingerprint density at radius 2 is 2.28 bits per heavy atom. The van der Waals surface area contributed by atoms with E-state index in [1.165, 1.54) is 4.90 Å². The van der Waals surface area contributed by atoms with Crippen molar-refractivity contribution >= 4 is 69.6 Å². The van der Waals surface area contributed by atoms with Crippen molar-refractivity contribution < 1.29 is 14.7 Å². The summed E-state index contributed by atoms with van der Waals surface area (Å²) in [5.74, 6) is 0.646. The van der Waals surface area contributed by atoms with Crippen LogP contribution in [0.25, 0.3) is 6.08 Å². The summed E-state index contributed by atoms with van der Waals surface area (Å²) >= 11 is 13.9. The molecule has 2 fully saturated rings. The molecule has 0 spiro atoms. The van der Waals surface area contributed by atoms with E-state index >= 15 is 0 Å². The summed E-state index contributed by atoms with van der Waals surface area (Å²) in [5, 5.41) is 13.1. The number of aliphatic hydroxyl groups is 1. The Labute approximate surface area is 164 Å². The first-order valence-corrected chi connectivity index (χ1v) is 10.3. The molecule has 5 nitrogen and oxygen atoms in total. The number of thiocarbonyl (C=S) groups is 1. The molecular weight excluding hydrogens is 400 g/mol. The number of halogens is 1. The molecule has 9 heteroatoms. The number of rotatable bonds is 4. The van der Waals surface area contributed by atoms with Crippen LogP contribution in [-0.4, -0.2) is 56.3 Å². The number of amides is 2. The third kappa shape index (κ3) is 4.57. The minimum Gasteiger partial charge on any atom is -0.390 e. The zero-order valence-corrected chi connectivity index (χ0v) is 16.2. The van der Waals surface area contributed by atoms with Crippen LogP contribution in [0.15, 0.2) is 29.2 Å². The average Bonchev–Trinajstić information content (AvgIpc) is 3.06. The van der Waals surface area contributed by atoms with E-state index in [0.29, 0.717) is 25.8 Å². The molecule has 132 valence electrons. The molecule has 2 aliphatic heterocycles. The molecule has 2 aliphatic rings. The lowest BCUT2D eigenvalue weighted by atomic mass is 10.2. The molecule has 2 amide bonds. The molecule has 0 radical (unpaired) electrons. The van der Waals surface area contributed by atoms with Gasteiger partial charge in [0.05, 0.1) is 17.1 Å². The Kier molecular flexibility index (Phi) is 6.06. The molecule has 0 saturated carbocycles. The number of carbonyl (C=O) groups is 2. The quantitative estimate of drug-likeness (QED) is 0.581. The van der Waals surface area contributed by atoms with Gasteiger partial charge in [-0.1, -0.05) is 47.7 Å². The number of nitrogens with one attached hydrogen (secondary N) is 1. The van der Waals surface area contributed by atoms with Crippen molar-refractivity contribution in [2.45, 2.75) is 12.1 Å². The summed E-state index contributed by atoms with van der Waals surface area (Å²) < 4.78 is 0.342. The molecule has 2 N–H and O–H groups in total. The van der Waals surface area contributed by atoms with Crippen molar-refractivity contribution in [1.29, 1.82) is 0 Å².